The predicted molar refractivity (Wildman–Crippen MR) is 96.0 cm³/mol. The molecule has 1 aliphatic rings. The van der Waals surface area contributed by atoms with Crippen molar-refractivity contribution in [2.75, 3.05) is 18.4 Å². The minimum Gasteiger partial charge on any atom is -0.354 e. The number of amides is 1. The summed E-state index contributed by atoms with van der Waals surface area (Å²) in [5.74, 6) is 0.0808. The largest absolute Gasteiger partial charge is 0.354 e. The highest BCUT2D eigenvalue weighted by atomic mass is 79.9. The molecule has 2 heterocycles. The van der Waals surface area contributed by atoms with Gasteiger partial charge in [-0.25, -0.2) is 0 Å². The fourth-order valence-electron chi connectivity index (χ4n) is 2.81. The van der Waals surface area contributed by atoms with E-state index in [1.54, 1.807) is 12.4 Å². The SMILES string of the molecule is O=C(c1cncc(Nc2cccc(Br)c2)c1)N1CCCCCC1. The molecule has 0 spiro atoms. The Bertz CT molecular complexity index is 681. The lowest BCUT2D eigenvalue weighted by atomic mass is 10.2. The number of pyridine rings is 1. The van der Waals surface area contributed by atoms with E-state index in [9.17, 15) is 4.79 Å². The van der Waals surface area contributed by atoms with Crippen LogP contribution in [-0.2, 0) is 0 Å². The third kappa shape index (κ3) is 4.32. The van der Waals surface area contributed by atoms with E-state index in [0.717, 1.165) is 41.8 Å². The van der Waals surface area contributed by atoms with E-state index in [0.29, 0.717) is 5.56 Å². The number of hydrogen-bond acceptors (Lipinski definition) is 3. The Labute approximate surface area is 145 Å². The van der Waals surface area contributed by atoms with Crippen LogP contribution >= 0.6 is 15.9 Å². The third-order valence-corrected chi connectivity index (χ3v) is 4.49. The molecule has 23 heavy (non-hydrogen) atoms. The van der Waals surface area contributed by atoms with Gasteiger partial charge in [0, 0.05) is 29.4 Å². The first-order valence-electron chi connectivity index (χ1n) is 7.99. The molecule has 0 bridgehead atoms. The fourth-order valence-corrected chi connectivity index (χ4v) is 3.21. The van der Waals surface area contributed by atoms with Crippen molar-refractivity contribution in [1.29, 1.82) is 0 Å². The van der Waals surface area contributed by atoms with Crippen LogP contribution in [-0.4, -0.2) is 28.9 Å². The second-order valence-electron chi connectivity index (χ2n) is 5.80. The van der Waals surface area contributed by atoms with Gasteiger partial charge in [-0.1, -0.05) is 34.8 Å². The first-order valence-corrected chi connectivity index (χ1v) is 8.78. The summed E-state index contributed by atoms with van der Waals surface area (Å²) in [5, 5.41) is 3.29. The van der Waals surface area contributed by atoms with Crippen molar-refractivity contribution in [2.24, 2.45) is 0 Å². The van der Waals surface area contributed by atoms with Crippen LogP contribution in [0.3, 0.4) is 0 Å². The molecule has 120 valence electrons. The Balaban J connectivity index is 1.75. The van der Waals surface area contributed by atoms with Crippen molar-refractivity contribution in [1.82, 2.24) is 9.88 Å². The lowest BCUT2D eigenvalue weighted by Crippen LogP contribution is -2.31. The average Bonchev–Trinajstić information content (AvgIpc) is 2.84. The van der Waals surface area contributed by atoms with Crippen molar-refractivity contribution in [2.45, 2.75) is 25.7 Å². The first-order chi connectivity index (χ1) is 11.2. The molecule has 1 aromatic heterocycles. The summed E-state index contributed by atoms with van der Waals surface area (Å²) < 4.78 is 1.01. The minimum absolute atomic E-state index is 0.0808. The van der Waals surface area contributed by atoms with Crippen molar-refractivity contribution >= 4 is 33.2 Å². The zero-order chi connectivity index (χ0) is 16.1. The second kappa shape index (κ2) is 7.59. The van der Waals surface area contributed by atoms with Crippen LogP contribution in [0.25, 0.3) is 0 Å². The Morgan fingerprint density at radius 3 is 2.57 bits per heavy atom. The Kier molecular flexibility index (Phi) is 5.28. The van der Waals surface area contributed by atoms with E-state index in [1.165, 1.54) is 12.8 Å². The molecular formula is C18H20BrN3O. The number of anilines is 2. The monoisotopic (exact) mass is 373 g/mol. The number of carbonyl (C=O) groups is 1. The highest BCUT2D eigenvalue weighted by Crippen LogP contribution is 2.21. The average molecular weight is 374 g/mol. The van der Waals surface area contributed by atoms with Crippen molar-refractivity contribution < 1.29 is 4.79 Å². The van der Waals surface area contributed by atoms with Gasteiger partial charge in [0.25, 0.3) is 5.91 Å². The normalized spacial score (nSPS) is 15.1. The van der Waals surface area contributed by atoms with Gasteiger partial charge in [0.2, 0.25) is 0 Å². The number of halogens is 1. The summed E-state index contributed by atoms with van der Waals surface area (Å²) in [4.78, 5) is 18.8. The molecule has 1 aliphatic heterocycles. The molecule has 0 saturated carbocycles. The molecule has 5 heteroatoms. The Morgan fingerprint density at radius 1 is 1.04 bits per heavy atom. The number of nitrogens with one attached hydrogen (secondary N) is 1. The smallest absolute Gasteiger partial charge is 0.255 e. The number of aromatic nitrogens is 1. The summed E-state index contributed by atoms with van der Waals surface area (Å²) in [5.41, 5.74) is 2.43. The molecule has 1 amide bonds. The lowest BCUT2D eigenvalue weighted by molar-refractivity contribution is 0.0761. The number of rotatable bonds is 3. The molecule has 0 unspecified atom stereocenters. The van der Waals surface area contributed by atoms with Gasteiger partial charge in [-0.05, 0) is 37.1 Å². The zero-order valence-electron chi connectivity index (χ0n) is 13.0. The second-order valence-corrected chi connectivity index (χ2v) is 6.72. The maximum absolute atomic E-state index is 12.7. The van der Waals surface area contributed by atoms with Crippen molar-refractivity contribution in [3.05, 3.63) is 52.8 Å². The van der Waals surface area contributed by atoms with Gasteiger partial charge in [-0.2, -0.15) is 0 Å². The lowest BCUT2D eigenvalue weighted by Gasteiger charge is -2.20. The number of likely N-dealkylation sites (tertiary alicyclic amines) is 1. The molecule has 0 atom stereocenters. The zero-order valence-corrected chi connectivity index (χ0v) is 14.6. The maximum atomic E-state index is 12.7. The van der Waals surface area contributed by atoms with Crippen LogP contribution in [0, 0.1) is 0 Å². The van der Waals surface area contributed by atoms with Crippen LogP contribution in [0.1, 0.15) is 36.0 Å². The minimum atomic E-state index is 0.0808. The molecule has 0 radical (unpaired) electrons. The summed E-state index contributed by atoms with van der Waals surface area (Å²) in [6.07, 6.45) is 8.00. The number of nitrogens with zero attached hydrogens (tertiary/aromatic N) is 2. The van der Waals surface area contributed by atoms with Crippen molar-refractivity contribution in [3.63, 3.8) is 0 Å². The highest BCUT2D eigenvalue weighted by Gasteiger charge is 2.17. The molecule has 1 aromatic carbocycles. The summed E-state index contributed by atoms with van der Waals surface area (Å²) in [7, 11) is 0. The standard InChI is InChI=1S/C18H20BrN3O/c19-15-6-5-7-16(11-15)21-17-10-14(12-20-13-17)18(23)22-8-3-1-2-4-9-22/h5-7,10-13,21H,1-4,8-9H2. The molecule has 4 nitrogen and oxygen atoms in total. The molecule has 0 aliphatic carbocycles. The van der Waals surface area contributed by atoms with Gasteiger partial charge in [0.15, 0.2) is 0 Å². The highest BCUT2D eigenvalue weighted by molar-refractivity contribution is 9.10. The van der Waals surface area contributed by atoms with Crippen LogP contribution in [0.4, 0.5) is 11.4 Å². The van der Waals surface area contributed by atoms with E-state index in [-0.39, 0.29) is 5.91 Å². The Hall–Kier alpha value is -1.88. The van der Waals surface area contributed by atoms with E-state index >= 15 is 0 Å². The summed E-state index contributed by atoms with van der Waals surface area (Å²) in [6, 6.07) is 9.78. The van der Waals surface area contributed by atoms with Gasteiger partial charge in [-0.15, -0.1) is 0 Å². The maximum Gasteiger partial charge on any atom is 0.255 e. The quantitative estimate of drug-likeness (QED) is 0.854. The number of benzene rings is 1. The van der Waals surface area contributed by atoms with Gasteiger partial charge in [0.05, 0.1) is 17.4 Å². The molecular weight excluding hydrogens is 354 g/mol. The van der Waals surface area contributed by atoms with Gasteiger partial charge < -0.3 is 10.2 Å². The van der Waals surface area contributed by atoms with Gasteiger partial charge in [-0.3, -0.25) is 9.78 Å². The van der Waals surface area contributed by atoms with Crippen LogP contribution < -0.4 is 5.32 Å². The van der Waals surface area contributed by atoms with E-state index in [1.807, 2.05) is 35.2 Å². The topological polar surface area (TPSA) is 45.2 Å². The first kappa shape index (κ1) is 16.0. The number of carbonyl (C=O) groups excluding carboxylic acids is 1. The summed E-state index contributed by atoms with van der Waals surface area (Å²) >= 11 is 3.46. The molecule has 1 saturated heterocycles. The van der Waals surface area contributed by atoms with Crippen LogP contribution in [0.5, 0.6) is 0 Å². The van der Waals surface area contributed by atoms with Crippen molar-refractivity contribution in [3.8, 4) is 0 Å². The van der Waals surface area contributed by atoms with E-state index in [4.69, 9.17) is 0 Å². The Morgan fingerprint density at radius 2 is 1.83 bits per heavy atom. The van der Waals surface area contributed by atoms with E-state index in [2.05, 4.69) is 26.2 Å². The molecule has 1 fully saturated rings. The predicted octanol–water partition coefficient (Wildman–Crippen LogP) is 4.60. The van der Waals surface area contributed by atoms with Crippen LogP contribution in [0.15, 0.2) is 47.2 Å². The van der Waals surface area contributed by atoms with Gasteiger partial charge >= 0.3 is 0 Å². The molecule has 1 N–H and O–H groups in total. The van der Waals surface area contributed by atoms with Crippen LogP contribution in [0.2, 0.25) is 0 Å². The third-order valence-electron chi connectivity index (χ3n) is 3.99. The fraction of sp³-hybridized carbons (Fsp3) is 0.333. The van der Waals surface area contributed by atoms with E-state index < -0.39 is 0 Å². The molecule has 2 aromatic rings. The molecule has 3 rings (SSSR count). The number of hydrogen-bond donors (Lipinski definition) is 1. The summed E-state index contributed by atoms with van der Waals surface area (Å²) in [6.45, 7) is 1.70. The van der Waals surface area contributed by atoms with Gasteiger partial charge in [0.1, 0.15) is 0 Å².